The number of anilines is 2. The number of aromatic hydroxyl groups is 1. The van der Waals surface area contributed by atoms with E-state index in [0.29, 0.717) is 11.4 Å². The summed E-state index contributed by atoms with van der Waals surface area (Å²) < 4.78 is 0. The molecular weight excluding hydrogens is 230 g/mol. The number of benzene rings is 1. The molecule has 0 unspecified atom stereocenters. The van der Waals surface area contributed by atoms with E-state index in [1.54, 1.807) is 31.2 Å². The average Bonchev–Trinajstić information content (AvgIpc) is 2.34. The molecule has 0 aliphatic heterocycles. The molecule has 92 valence electrons. The maximum absolute atomic E-state index is 11.9. The van der Waals surface area contributed by atoms with Crippen LogP contribution in [-0.4, -0.2) is 16.0 Å². The Balaban J connectivity index is 2.22. The Morgan fingerprint density at radius 2 is 2.17 bits per heavy atom. The van der Waals surface area contributed by atoms with Gasteiger partial charge in [0, 0.05) is 18.0 Å². The number of phenolic OH excluding ortho intramolecular Hbond substituents is 1. The number of carbonyl (C=O) groups excluding carboxylic acids is 1. The highest BCUT2D eigenvalue weighted by Crippen LogP contribution is 2.21. The summed E-state index contributed by atoms with van der Waals surface area (Å²) in [6, 6.07) is 8.16. The van der Waals surface area contributed by atoms with E-state index < -0.39 is 5.91 Å². The van der Waals surface area contributed by atoms with Crippen molar-refractivity contribution in [3.05, 3.63) is 47.8 Å². The number of nitrogen functional groups attached to an aromatic ring is 1. The lowest BCUT2D eigenvalue weighted by atomic mass is 10.2. The molecule has 1 heterocycles. The number of nitrogens with one attached hydrogen (secondary N) is 1. The molecule has 0 saturated carbocycles. The third-order valence-electron chi connectivity index (χ3n) is 2.52. The molecule has 1 amide bonds. The van der Waals surface area contributed by atoms with Gasteiger partial charge in [0.2, 0.25) is 0 Å². The minimum absolute atomic E-state index is 0.127. The molecule has 0 aliphatic rings. The molecule has 18 heavy (non-hydrogen) atoms. The second-order valence-electron chi connectivity index (χ2n) is 3.90. The van der Waals surface area contributed by atoms with Gasteiger partial charge >= 0.3 is 0 Å². The molecule has 2 rings (SSSR count). The monoisotopic (exact) mass is 243 g/mol. The average molecular weight is 243 g/mol. The largest absolute Gasteiger partial charge is 0.508 e. The van der Waals surface area contributed by atoms with Crippen LogP contribution in [0.3, 0.4) is 0 Å². The molecule has 0 fully saturated rings. The van der Waals surface area contributed by atoms with Crippen LogP contribution in [0.2, 0.25) is 0 Å². The van der Waals surface area contributed by atoms with E-state index in [1.807, 2.05) is 0 Å². The van der Waals surface area contributed by atoms with Gasteiger partial charge in [-0.3, -0.25) is 4.79 Å². The first-order valence-corrected chi connectivity index (χ1v) is 5.39. The predicted octanol–water partition coefficient (Wildman–Crippen LogP) is 1.93. The first-order chi connectivity index (χ1) is 8.58. The highest BCUT2D eigenvalue weighted by molar-refractivity contribution is 6.06. The first-order valence-electron chi connectivity index (χ1n) is 5.39. The number of pyridine rings is 1. The molecule has 2 aromatic rings. The van der Waals surface area contributed by atoms with Gasteiger partial charge in [-0.25, -0.2) is 4.98 Å². The quantitative estimate of drug-likeness (QED) is 0.752. The summed E-state index contributed by atoms with van der Waals surface area (Å²) in [5.74, 6) is -0.279. The molecule has 1 aromatic heterocycles. The van der Waals surface area contributed by atoms with Crippen LogP contribution in [0.15, 0.2) is 36.5 Å². The number of amides is 1. The van der Waals surface area contributed by atoms with Gasteiger partial charge in [0.05, 0.1) is 5.69 Å². The fourth-order valence-corrected chi connectivity index (χ4v) is 1.48. The molecule has 0 atom stereocenters. The zero-order valence-corrected chi connectivity index (χ0v) is 9.84. The normalized spacial score (nSPS) is 10.1. The van der Waals surface area contributed by atoms with Crippen LogP contribution in [-0.2, 0) is 0 Å². The summed E-state index contributed by atoms with van der Waals surface area (Å²) in [7, 11) is 0. The van der Waals surface area contributed by atoms with E-state index >= 15 is 0 Å². The first kappa shape index (κ1) is 11.9. The van der Waals surface area contributed by atoms with E-state index in [0.717, 1.165) is 5.56 Å². The molecule has 1 aromatic carbocycles. The van der Waals surface area contributed by atoms with E-state index in [-0.39, 0.29) is 11.4 Å². The lowest BCUT2D eigenvalue weighted by molar-refractivity contribution is 0.102. The van der Waals surface area contributed by atoms with Crippen molar-refractivity contribution in [3.8, 4) is 5.75 Å². The van der Waals surface area contributed by atoms with Crippen molar-refractivity contribution < 1.29 is 9.90 Å². The van der Waals surface area contributed by atoms with Gasteiger partial charge in [-0.2, -0.15) is 0 Å². The predicted molar refractivity (Wildman–Crippen MR) is 69.4 cm³/mol. The van der Waals surface area contributed by atoms with Crippen LogP contribution in [0.25, 0.3) is 0 Å². The Morgan fingerprint density at radius 3 is 2.83 bits per heavy atom. The number of carbonyl (C=O) groups is 1. The Kier molecular flexibility index (Phi) is 3.14. The molecule has 5 heteroatoms. The molecule has 0 radical (unpaired) electrons. The Morgan fingerprint density at radius 1 is 1.39 bits per heavy atom. The standard InChI is InChI=1S/C13H13N3O2/c1-8-4-5-9(7-11(8)17)16-13(18)12-10(14)3-2-6-15-12/h2-7,17H,14H2,1H3,(H,16,18). The summed E-state index contributed by atoms with van der Waals surface area (Å²) >= 11 is 0. The van der Waals surface area contributed by atoms with E-state index in [2.05, 4.69) is 10.3 Å². The van der Waals surface area contributed by atoms with Crippen molar-refractivity contribution in [1.82, 2.24) is 4.98 Å². The van der Waals surface area contributed by atoms with Gasteiger partial charge in [-0.1, -0.05) is 6.07 Å². The molecule has 0 saturated heterocycles. The maximum atomic E-state index is 11.9. The molecule has 0 bridgehead atoms. The number of nitrogens with zero attached hydrogens (tertiary/aromatic N) is 1. The molecule has 0 spiro atoms. The Labute approximate surface area is 104 Å². The highest BCUT2D eigenvalue weighted by Gasteiger charge is 2.11. The summed E-state index contributed by atoms with van der Waals surface area (Å²) in [5, 5.41) is 12.2. The second kappa shape index (κ2) is 4.75. The lowest BCUT2D eigenvalue weighted by Gasteiger charge is -2.07. The lowest BCUT2D eigenvalue weighted by Crippen LogP contribution is -2.15. The van der Waals surface area contributed by atoms with Gasteiger partial charge in [0.15, 0.2) is 5.69 Å². The van der Waals surface area contributed by atoms with Crippen LogP contribution in [0, 0.1) is 6.92 Å². The topological polar surface area (TPSA) is 88.2 Å². The van der Waals surface area contributed by atoms with E-state index in [9.17, 15) is 9.90 Å². The van der Waals surface area contributed by atoms with Crippen LogP contribution < -0.4 is 11.1 Å². The van der Waals surface area contributed by atoms with Crippen molar-refractivity contribution in [3.63, 3.8) is 0 Å². The maximum Gasteiger partial charge on any atom is 0.276 e. The van der Waals surface area contributed by atoms with Crippen molar-refractivity contribution in [2.75, 3.05) is 11.1 Å². The fourth-order valence-electron chi connectivity index (χ4n) is 1.48. The SMILES string of the molecule is Cc1ccc(NC(=O)c2ncccc2N)cc1O. The van der Waals surface area contributed by atoms with Crippen LogP contribution >= 0.6 is 0 Å². The number of hydrogen-bond donors (Lipinski definition) is 3. The molecule has 4 N–H and O–H groups in total. The number of phenols is 1. The molecule has 5 nitrogen and oxygen atoms in total. The van der Waals surface area contributed by atoms with Crippen molar-refractivity contribution in [2.45, 2.75) is 6.92 Å². The summed E-state index contributed by atoms with van der Waals surface area (Å²) in [4.78, 5) is 15.8. The Bertz CT molecular complexity index is 597. The Hall–Kier alpha value is -2.56. The van der Waals surface area contributed by atoms with Crippen molar-refractivity contribution in [2.24, 2.45) is 0 Å². The van der Waals surface area contributed by atoms with Gasteiger partial charge in [0.25, 0.3) is 5.91 Å². The number of hydrogen-bond acceptors (Lipinski definition) is 4. The van der Waals surface area contributed by atoms with Gasteiger partial charge in [-0.15, -0.1) is 0 Å². The minimum Gasteiger partial charge on any atom is -0.508 e. The van der Waals surface area contributed by atoms with Crippen molar-refractivity contribution in [1.29, 1.82) is 0 Å². The summed E-state index contributed by atoms with van der Waals surface area (Å²) in [6.07, 6.45) is 1.50. The molecule has 0 aliphatic carbocycles. The summed E-state index contributed by atoms with van der Waals surface area (Å²) in [6.45, 7) is 1.78. The highest BCUT2D eigenvalue weighted by atomic mass is 16.3. The van der Waals surface area contributed by atoms with Crippen LogP contribution in [0.4, 0.5) is 11.4 Å². The van der Waals surface area contributed by atoms with Gasteiger partial charge in [-0.05, 0) is 30.7 Å². The molecular formula is C13H13N3O2. The van der Waals surface area contributed by atoms with Crippen LogP contribution in [0.1, 0.15) is 16.1 Å². The van der Waals surface area contributed by atoms with Gasteiger partial charge < -0.3 is 16.2 Å². The minimum atomic E-state index is -0.406. The smallest absolute Gasteiger partial charge is 0.276 e. The van der Waals surface area contributed by atoms with E-state index in [1.165, 1.54) is 12.3 Å². The van der Waals surface area contributed by atoms with Crippen LogP contribution in [0.5, 0.6) is 5.75 Å². The zero-order valence-electron chi connectivity index (χ0n) is 9.84. The number of aromatic nitrogens is 1. The second-order valence-corrected chi connectivity index (χ2v) is 3.90. The zero-order chi connectivity index (χ0) is 13.1. The summed E-state index contributed by atoms with van der Waals surface area (Å²) in [5.41, 5.74) is 7.37. The number of rotatable bonds is 2. The van der Waals surface area contributed by atoms with Gasteiger partial charge in [0.1, 0.15) is 5.75 Å². The third-order valence-corrected chi connectivity index (χ3v) is 2.52. The number of nitrogens with two attached hydrogens (primary N) is 1. The van der Waals surface area contributed by atoms with Crippen molar-refractivity contribution >= 4 is 17.3 Å². The number of aryl methyl sites for hydroxylation is 1. The fraction of sp³-hybridized carbons (Fsp3) is 0.0769. The van der Waals surface area contributed by atoms with E-state index in [4.69, 9.17) is 5.73 Å². The third kappa shape index (κ3) is 2.40.